The number of rotatable bonds is 6. The first-order chi connectivity index (χ1) is 7.27. The summed E-state index contributed by atoms with van der Waals surface area (Å²) in [6.45, 7) is 0.688. The molecule has 3 nitrogen and oxygen atoms in total. The zero-order valence-corrected chi connectivity index (χ0v) is 10.4. The molecule has 1 aromatic heterocycles. The molecule has 1 rings (SSSR count). The van der Waals surface area contributed by atoms with E-state index in [2.05, 4.69) is 10.3 Å². The Kier molecular flexibility index (Phi) is 6.02. The van der Waals surface area contributed by atoms with Gasteiger partial charge in [0.1, 0.15) is 5.03 Å². The maximum absolute atomic E-state index is 5.99. The second-order valence-corrected chi connectivity index (χ2v) is 4.46. The van der Waals surface area contributed by atoms with E-state index in [1.165, 1.54) is 0 Å². The molecule has 15 heavy (non-hydrogen) atoms. The lowest BCUT2D eigenvalue weighted by Crippen LogP contribution is -2.32. The number of likely N-dealkylation sites (N-methyl/N-ethyl adjacent to an activating group) is 1. The summed E-state index contributed by atoms with van der Waals surface area (Å²) in [7, 11) is 3.62. The van der Waals surface area contributed by atoms with Gasteiger partial charge in [-0.15, -0.1) is 11.8 Å². The number of ether oxygens (including phenoxy) is 1. The van der Waals surface area contributed by atoms with Crippen LogP contribution in [0.3, 0.4) is 0 Å². The summed E-state index contributed by atoms with van der Waals surface area (Å²) in [5.41, 5.74) is 0. The summed E-state index contributed by atoms with van der Waals surface area (Å²) in [5.74, 6) is 0.890. The van der Waals surface area contributed by atoms with Gasteiger partial charge in [0.05, 0.1) is 11.6 Å². The Morgan fingerprint density at radius 3 is 3.07 bits per heavy atom. The van der Waals surface area contributed by atoms with Crippen LogP contribution in [0.2, 0.25) is 5.02 Å². The molecule has 84 valence electrons. The van der Waals surface area contributed by atoms with Crippen molar-refractivity contribution in [3.63, 3.8) is 0 Å². The largest absolute Gasteiger partial charge is 0.383 e. The van der Waals surface area contributed by atoms with Crippen molar-refractivity contribution < 1.29 is 4.74 Å². The van der Waals surface area contributed by atoms with Gasteiger partial charge in [-0.05, 0) is 19.2 Å². The number of halogens is 1. The molecule has 0 saturated carbocycles. The summed E-state index contributed by atoms with van der Waals surface area (Å²) in [4.78, 5) is 4.21. The predicted molar refractivity (Wildman–Crippen MR) is 64.7 cm³/mol. The molecule has 0 aliphatic heterocycles. The lowest BCUT2D eigenvalue weighted by molar-refractivity contribution is 0.177. The molecule has 0 aliphatic carbocycles. The summed E-state index contributed by atoms with van der Waals surface area (Å²) in [6.07, 6.45) is 1.75. The second kappa shape index (κ2) is 7.06. The summed E-state index contributed by atoms with van der Waals surface area (Å²) < 4.78 is 5.08. The van der Waals surface area contributed by atoms with Gasteiger partial charge >= 0.3 is 0 Å². The molecule has 1 heterocycles. The molecule has 0 aliphatic rings. The van der Waals surface area contributed by atoms with Crippen molar-refractivity contribution in [1.29, 1.82) is 0 Å². The Balaban J connectivity index is 2.45. The van der Waals surface area contributed by atoms with Crippen LogP contribution in [-0.2, 0) is 4.74 Å². The zero-order valence-electron chi connectivity index (χ0n) is 8.87. The Hall–Kier alpha value is -0.290. The molecule has 5 heteroatoms. The molecule has 1 unspecified atom stereocenters. The molecule has 0 aromatic carbocycles. The predicted octanol–water partition coefficient (Wildman–Crippen LogP) is 2.06. The van der Waals surface area contributed by atoms with Crippen molar-refractivity contribution in [3.8, 4) is 0 Å². The average Bonchev–Trinajstić information content (AvgIpc) is 2.26. The van der Waals surface area contributed by atoms with Gasteiger partial charge in [0, 0.05) is 25.1 Å². The van der Waals surface area contributed by atoms with Crippen LogP contribution in [0.4, 0.5) is 0 Å². The smallest absolute Gasteiger partial charge is 0.115 e. The van der Waals surface area contributed by atoms with Crippen LogP contribution < -0.4 is 5.32 Å². The summed E-state index contributed by atoms with van der Waals surface area (Å²) >= 11 is 7.63. The minimum absolute atomic E-state index is 0.318. The van der Waals surface area contributed by atoms with E-state index in [0.717, 1.165) is 10.8 Å². The highest BCUT2D eigenvalue weighted by atomic mass is 35.5. The van der Waals surface area contributed by atoms with E-state index < -0.39 is 0 Å². The maximum Gasteiger partial charge on any atom is 0.115 e. The van der Waals surface area contributed by atoms with Gasteiger partial charge in [0.15, 0.2) is 0 Å². The zero-order chi connectivity index (χ0) is 11.1. The first-order valence-electron chi connectivity index (χ1n) is 4.67. The van der Waals surface area contributed by atoms with Crippen LogP contribution in [0.5, 0.6) is 0 Å². The van der Waals surface area contributed by atoms with Crippen molar-refractivity contribution in [1.82, 2.24) is 10.3 Å². The fraction of sp³-hybridized carbons (Fsp3) is 0.500. The number of aromatic nitrogens is 1. The molecule has 0 fully saturated rings. The lowest BCUT2D eigenvalue weighted by Gasteiger charge is -2.14. The number of nitrogens with one attached hydrogen (secondary N) is 1. The van der Waals surface area contributed by atoms with E-state index in [0.29, 0.717) is 17.7 Å². The number of pyridine rings is 1. The van der Waals surface area contributed by atoms with E-state index in [1.54, 1.807) is 25.1 Å². The summed E-state index contributed by atoms with van der Waals surface area (Å²) in [6, 6.07) is 4.00. The third-order valence-electron chi connectivity index (χ3n) is 1.92. The Bertz CT molecular complexity index is 299. The SMILES string of the molecule is CNC(COC)CSc1ncccc1Cl. The van der Waals surface area contributed by atoms with E-state index in [4.69, 9.17) is 16.3 Å². The number of thioether (sulfide) groups is 1. The fourth-order valence-corrected chi connectivity index (χ4v) is 2.32. The first-order valence-corrected chi connectivity index (χ1v) is 6.03. The van der Waals surface area contributed by atoms with Crippen molar-refractivity contribution >= 4 is 23.4 Å². The van der Waals surface area contributed by atoms with Gasteiger partial charge in [-0.1, -0.05) is 11.6 Å². The molecule has 1 N–H and O–H groups in total. The van der Waals surface area contributed by atoms with Crippen LogP contribution in [0, 0.1) is 0 Å². The molecule has 0 amide bonds. The van der Waals surface area contributed by atoms with Crippen LogP contribution in [0.1, 0.15) is 0 Å². The minimum Gasteiger partial charge on any atom is -0.383 e. The highest BCUT2D eigenvalue weighted by molar-refractivity contribution is 7.99. The van der Waals surface area contributed by atoms with Crippen molar-refractivity contribution in [2.24, 2.45) is 0 Å². The second-order valence-electron chi connectivity index (χ2n) is 3.04. The normalized spacial score (nSPS) is 12.7. The Morgan fingerprint density at radius 1 is 1.67 bits per heavy atom. The molecule has 0 saturated heterocycles. The highest BCUT2D eigenvalue weighted by Gasteiger charge is 2.08. The van der Waals surface area contributed by atoms with Gasteiger partial charge in [-0.25, -0.2) is 4.98 Å². The van der Waals surface area contributed by atoms with E-state index in [-0.39, 0.29) is 0 Å². The van der Waals surface area contributed by atoms with Crippen LogP contribution in [-0.4, -0.2) is 37.5 Å². The fourth-order valence-electron chi connectivity index (χ4n) is 1.07. The van der Waals surface area contributed by atoms with Gasteiger partial charge in [-0.2, -0.15) is 0 Å². The first kappa shape index (κ1) is 12.8. The van der Waals surface area contributed by atoms with Gasteiger partial charge in [0.25, 0.3) is 0 Å². The molecule has 1 atom stereocenters. The van der Waals surface area contributed by atoms with Crippen molar-refractivity contribution in [3.05, 3.63) is 23.4 Å². The standard InChI is InChI=1S/C10H15ClN2OS/c1-12-8(6-14-2)7-15-10-9(11)4-3-5-13-10/h3-5,8,12H,6-7H2,1-2H3. The van der Waals surface area contributed by atoms with Crippen molar-refractivity contribution in [2.75, 3.05) is 26.5 Å². The molecular formula is C10H15ClN2OS. The Labute approximate surface area is 99.6 Å². The monoisotopic (exact) mass is 246 g/mol. The van der Waals surface area contributed by atoms with Gasteiger partial charge in [0.2, 0.25) is 0 Å². The average molecular weight is 247 g/mol. The lowest BCUT2D eigenvalue weighted by atomic mass is 10.4. The number of hydrogen-bond donors (Lipinski definition) is 1. The minimum atomic E-state index is 0.318. The third-order valence-corrected chi connectivity index (χ3v) is 3.51. The molecule has 0 radical (unpaired) electrons. The number of methoxy groups -OCH3 is 1. The molecule has 1 aromatic rings. The van der Waals surface area contributed by atoms with Crippen LogP contribution in [0.15, 0.2) is 23.4 Å². The van der Waals surface area contributed by atoms with E-state index in [1.807, 2.05) is 19.2 Å². The van der Waals surface area contributed by atoms with Crippen LogP contribution >= 0.6 is 23.4 Å². The van der Waals surface area contributed by atoms with E-state index >= 15 is 0 Å². The van der Waals surface area contributed by atoms with Crippen LogP contribution in [0.25, 0.3) is 0 Å². The van der Waals surface area contributed by atoms with Gasteiger partial charge < -0.3 is 10.1 Å². The summed E-state index contributed by atoms with van der Waals surface area (Å²) in [5, 5.41) is 4.75. The van der Waals surface area contributed by atoms with Crippen molar-refractivity contribution in [2.45, 2.75) is 11.1 Å². The quantitative estimate of drug-likeness (QED) is 0.780. The topological polar surface area (TPSA) is 34.1 Å². The highest BCUT2D eigenvalue weighted by Crippen LogP contribution is 2.24. The maximum atomic E-state index is 5.99. The third kappa shape index (κ3) is 4.38. The molecular weight excluding hydrogens is 232 g/mol. The number of nitrogens with zero attached hydrogens (tertiary/aromatic N) is 1. The molecule has 0 spiro atoms. The molecule has 0 bridgehead atoms. The van der Waals surface area contributed by atoms with E-state index in [9.17, 15) is 0 Å². The number of hydrogen-bond acceptors (Lipinski definition) is 4. The Morgan fingerprint density at radius 2 is 2.47 bits per heavy atom. The van der Waals surface area contributed by atoms with Gasteiger partial charge in [-0.3, -0.25) is 0 Å².